The van der Waals surface area contributed by atoms with Crippen molar-refractivity contribution in [2.24, 2.45) is 17.8 Å². The molecule has 2 atom stereocenters. The van der Waals surface area contributed by atoms with Gasteiger partial charge in [-0.2, -0.15) is 0 Å². The average molecular weight is 835 g/mol. The van der Waals surface area contributed by atoms with Gasteiger partial charge in [-0.05, 0) is 37.0 Å². The van der Waals surface area contributed by atoms with Crippen LogP contribution in [0.3, 0.4) is 0 Å². The summed E-state index contributed by atoms with van der Waals surface area (Å²) < 4.78 is 16.8. The molecule has 6 nitrogen and oxygen atoms in total. The van der Waals surface area contributed by atoms with Crippen molar-refractivity contribution in [1.29, 1.82) is 0 Å². The molecule has 0 fully saturated rings. The van der Waals surface area contributed by atoms with Crippen molar-refractivity contribution in [3.8, 4) is 0 Å². The summed E-state index contributed by atoms with van der Waals surface area (Å²) in [5.74, 6) is 1.62. The monoisotopic (exact) mass is 835 g/mol. The van der Waals surface area contributed by atoms with Crippen LogP contribution < -0.4 is 0 Å². The Labute approximate surface area is 368 Å². The summed E-state index contributed by atoms with van der Waals surface area (Å²) in [5.41, 5.74) is 0. The fourth-order valence-electron chi connectivity index (χ4n) is 7.91. The van der Waals surface area contributed by atoms with Gasteiger partial charge in [-0.3, -0.25) is 14.4 Å². The Kier molecular flexibility index (Phi) is 43.3. The molecule has 0 aromatic carbocycles. The van der Waals surface area contributed by atoms with E-state index in [4.69, 9.17) is 14.2 Å². The summed E-state index contributed by atoms with van der Waals surface area (Å²) in [5, 5.41) is 0. The number of carbonyl (C=O) groups excluding carboxylic acids is 3. The minimum absolute atomic E-state index is 0.0654. The van der Waals surface area contributed by atoms with Gasteiger partial charge in [0.25, 0.3) is 0 Å². The van der Waals surface area contributed by atoms with Crippen LogP contribution in [0.1, 0.15) is 286 Å². The molecule has 0 aromatic rings. The van der Waals surface area contributed by atoms with Crippen molar-refractivity contribution in [2.75, 3.05) is 13.2 Å². The van der Waals surface area contributed by atoms with Crippen LogP contribution >= 0.6 is 0 Å². The minimum Gasteiger partial charge on any atom is -0.462 e. The summed E-state index contributed by atoms with van der Waals surface area (Å²) in [4.78, 5) is 37.9. The molecule has 350 valence electrons. The molecule has 0 heterocycles. The van der Waals surface area contributed by atoms with E-state index in [0.29, 0.717) is 19.3 Å². The maximum absolute atomic E-state index is 12.8. The Morgan fingerprint density at radius 1 is 0.339 bits per heavy atom. The van der Waals surface area contributed by atoms with Crippen LogP contribution in [0.4, 0.5) is 0 Å². The Balaban J connectivity index is 4.24. The number of ether oxygens (including phenoxy) is 3. The SMILES string of the molecule is CCC(C)CCCCCCCCC(=O)OC[C@H](COC(=O)CCCCCCCCCCCCCCCCCCC(C)C)OC(=O)CCCCCCCCCCCC(C)C. The van der Waals surface area contributed by atoms with Crippen LogP contribution in [0.2, 0.25) is 0 Å². The summed E-state index contributed by atoms with van der Waals surface area (Å²) in [6.45, 7) is 13.7. The predicted molar refractivity (Wildman–Crippen MR) is 252 cm³/mol. The first-order chi connectivity index (χ1) is 28.6. The molecule has 0 radical (unpaired) electrons. The van der Waals surface area contributed by atoms with Crippen LogP contribution in [0.25, 0.3) is 0 Å². The zero-order valence-electron chi connectivity index (χ0n) is 40.5. The molecule has 0 aliphatic heterocycles. The minimum atomic E-state index is -0.763. The molecule has 0 spiro atoms. The number of carbonyl (C=O) groups is 3. The normalized spacial score (nSPS) is 12.6. The Morgan fingerprint density at radius 2 is 0.593 bits per heavy atom. The van der Waals surface area contributed by atoms with E-state index in [1.165, 1.54) is 167 Å². The van der Waals surface area contributed by atoms with E-state index in [9.17, 15) is 14.4 Å². The lowest BCUT2D eigenvalue weighted by atomic mass is 10.00. The zero-order chi connectivity index (χ0) is 43.4. The fraction of sp³-hybridized carbons (Fsp3) is 0.943. The van der Waals surface area contributed by atoms with Gasteiger partial charge in [0.05, 0.1) is 0 Å². The fourth-order valence-corrected chi connectivity index (χ4v) is 7.91. The van der Waals surface area contributed by atoms with Crippen molar-refractivity contribution in [3.05, 3.63) is 0 Å². The molecule has 0 aliphatic rings. The van der Waals surface area contributed by atoms with Crippen LogP contribution in [-0.4, -0.2) is 37.2 Å². The maximum Gasteiger partial charge on any atom is 0.306 e. The third kappa shape index (κ3) is 45.8. The van der Waals surface area contributed by atoms with Crippen LogP contribution in [0.15, 0.2) is 0 Å². The van der Waals surface area contributed by atoms with Crippen molar-refractivity contribution in [1.82, 2.24) is 0 Å². The van der Waals surface area contributed by atoms with E-state index >= 15 is 0 Å². The molecule has 0 amide bonds. The van der Waals surface area contributed by atoms with E-state index in [-0.39, 0.29) is 31.1 Å². The first-order valence-electron chi connectivity index (χ1n) is 26.1. The maximum atomic E-state index is 12.8. The number of hydrogen-bond acceptors (Lipinski definition) is 6. The summed E-state index contributed by atoms with van der Waals surface area (Å²) in [6, 6.07) is 0. The van der Waals surface area contributed by atoms with Crippen molar-refractivity contribution < 1.29 is 28.6 Å². The van der Waals surface area contributed by atoms with E-state index in [1.807, 2.05) is 0 Å². The topological polar surface area (TPSA) is 78.9 Å². The predicted octanol–water partition coefficient (Wildman–Crippen LogP) is 16.8. The first kappa shape index (κ1) is 57.4. The molecule has 0 N–H and O–H groups in total. The number of unbranched alkanes of at least 4 members (excludes halogenated alkanes) is 28. The van der Waals surface area contributed by atoms with Gasteiger partial charge < -0.3 is 14.2 Å². The van der Waals surface area contributed by atoms with Gasteiger partial charge in [-0.25, -0.2) is 0 Å². The third-order valence-corrected chi connectivity index (χ3v) is 12.3. The highest BCUT2D eigenvalue weighted by Gasteiger charge is 2.19. The van der Waals surface area contributed by atoms with Crippen LogP contribution in [-0.2, 0) is 28.6 Å². The molecule has 59 heavy (non-hydrogen) atoms. The number of hydrogen-bond donors (Lipinski definition) is 0. The highest BCUT2D eigenvalue weighted by atomic mass is 16.6. The number of esters is 3. The molecule has 0 saturated heterocycles. The van der Waals surface area contributed by atoms with Crippen molar-refractivity contribution in [3.63, 3.8) is 0 Å². The van der Waals surface area contributed by atoms with E-state index in [2.05, 4.69) is 41.5 Å². The number of rotatable bonds is 46. The zero-order valence-corrected chi connectivity index (χ0v) is 40.5. The van der Waals surface area contributed by atoms with Crippen LogP contribution in [0, 0.1) is 17.8 Å². The molecule has 0 aliphatic carbocycles. The van der Waals surface area contributed by atoms with E-state index in [0.717, 1.165) is 75.5 Å². The lowest BCUT2D eigenvalue weighted by Crippen LogP contribution is -2.30. The van der Waals surface area contributed by atoms with Crippen molar-refractivity contribution >= 4 is 17.9 Å². The lowest BCUT2D eigenvalue weighted by molar-refractivity contribution is -0.167. The van der Waals surface area contributed by atoms with Gasteiger partial charge in [0.15, 0.2) is 6.10 Å². The second kappa shape index (κ2) is 44.5. The van der Waals surface area contributed by atoms with Crippen molar-refractivity contribution in [2.45, 2.75) is 292 Å². The second-order valence-electron chi connectivity index (χ2n) is 19.4. The molecule has 0 saturated carbocycles. The van der Waals surface area contributed by atoms with E-state index < -0.39 is 6.10 Å². The second-order valence-corrected chi connectivity index (χ2v) is 19.4. The molecule has 0 rings (SSSR count). The average Bonchev–Trinajstić information content (AvgIpc) is 3.20. The van der Waals surface area contributed by atoms with Gasteiger partial charge in [0.2, 0.25) is 0 Å². The molecular formula is C53H102O6. The summed E-state index contributed by atoms with van der Waals surface area (Å²) >= 11 is 0. The third-order valence-electron chi connectivity index (χ3n) is 12.3. The first-order valence-corrected chi connectivity index (χ1v) is 26.1. The molecular weight excluding hydrogens is 733 g/mol. The quantitative estimate of drug-likeness (QED) is 0.0345. The Hall–Kier alpha value is -1.59. The largest absolute Gasteiger partial charge is 0.462 e. The highest BCUT2D eigenvalue weighted by Crippen LogP contribution is 2.18. The highest BCUT2D eigenvalue weighted by molar-refractivity contribution is 5.71. The molecule has 6 heteroatoms. The Morgan fingerprint density at radius 3 is 0.881 bits per heavy atom. The lowest BCUT2D eigenvalue weighted by Gasteiger charge is -2.18. The summed E-state index contributed by atoms with van der Waals surface area (Å²) in [6.07, 6.45) is 43.8. The molecule has 0 bridgehead atoms. The smallest absolute Gasteiger partial charge is 0.306 e. The van der Waals surface area contributed by atoms with Gasteiger partial charge in [-0.1, -0.05) is 247 Å². The van der Waals surface area contributed by atoms with Gasteiger partial charge in [0, 0.05) is 19.3 Å². The molecule has 1 unspecified atom stereocenters. The molecule has 0 aromatic heterocycles. The Bertz CT molecular complexity index is 916. The van der Waals surface area contributed by atoms with Crippen LogP contribution in [0.5, 0.6) is 0 Å². The van der Waals surface area contributed by atoms with Gasteiger partial charge >= 0.3 is 17.9 Å². The summed E-state index contributed by atoms with van der Waals surface area (Å²) in [7, 11) is 0. The standard InChI is InChI=1S/C53H102O6/c1-7-49(6)41-35-29-25-26-31-37-43-52(55)58-46-50(59-53(56)44-38-32-24-20-16-18-22-28-34-40-48(4)5)45-57-51(54)42-36-30-23-19-15-13-11-9-8-10-12-14-17-21-27-33-39-47(2)3/h47-50H,7-46H2,1-6H3/t49?,50-/m0/s1. The van der Waals surface area contributed by atoms with Gasteiger partial charge in [0.1, 0.15) is 13.2 Å². The van der Waals surface area contributed by atoms with E-state index in [1.54, 1.807) is 0 Å². The van der Waals surface area contributed by atoms with Gasteiger partial charge in [-0.15, -0.1) is 0 Å².